The molecular formula is C30H30Cl2N4O8S2. The predicted octanol–water partition coefficient (Wildman–Crippen LogP) is 5.12. The molecular weight excluding hydrogens is 679 g/mol. The molecule has 0 aliphatic heterocycles. The minimum atomic E-state index is -4.12. The van der Waals surface area contributed by atoms with Crippen molar-refractivity contribution in [3.63, 3.8) is 0 Å². The summed E-state index contributed by atoms with van der Waals surface area (Å²) in [6.07, 6.45) is 0. The fraction of sp³-hybridized carbons (Fsp3) is 0.133. The molecule has 0 heterocycles. The highest BCUT2D eigenvalue weighted by Gasteiger charge is 2.22. The van der Waals surface area contributed by atoms with Crippen molar-refractivity contribution < 1.29 is 36.6 Å². The van der Waals surface area contributed by atoms with Gasteiger partial charge in [-0.3, -0.25) is 9.59 Å². The first-order valence-electron chi connectivity index (χ1n) is 13.1. The van der Waals surface area contributed by atoms with Gasteiger partial charge in [-0.1, -0.05) is 59.6 Å². The number of benzene rings is 4. The van der Waals surface area contributed by atoms with E-state index in [0.717, 1.165) is 46.5 Å². The Labute approximate surface area is 276 Å². The van der Waals surface area contributed by atoms with E-state index < -0.39 is 53.2 Å². The summed E-state index contributed by atoms with van der Waals surface area (Å²) < 4.78 is 45.9. The van der Waals surface area contributed by atoms with Crippen molar-refractivity contribution in [1.29, 1.82) is 0 Å². The highest BCUT2D eigenvalue weighted by molar-refractivity contribution is 7.89. The maximum Gasteiger partial charge on any atom is 0.259 e. The molecule has 0 saturated carbocycles. The Kier molecular flexibility index (Phi) is 11.1. The van der Waals surface area contributed by atoms with E-state index in [9.17, 15) is 36.6 Å². The molecule has 0 unspecified atom stereocenters. The maximum atomic E-state index is 12.4. The van der Waals surface area contributed by atoms with Crippen molar-refractivity contribution >= 4 is 66.4 Å². The summed E-state index contributed by atoms with van der Waals surface area (Å²) in [4.78, 5) is 23.9. The lowest BCUT2D eigenvalue weighted by molar-refractivity contribution is 0.101. The number of rotatable bonds is 6. The van der Waals surface area contributed by atoms with E-state index in [2.05, 4.69) is 10.6 Å². The quantitative estimate of drug-likeness (QED) is 0.157. The van der Waals surface area contributed by atoms with Gasteiger partial charge in [0, 0.05) is 23.5 Å². The van der Waals surface area contributed by atoms with Crippen LogP contribution in [0.3, 0.4) is 0 Å². The third kappa shape index (κ3) is 8.54. The van der Waals surface area contributed by atoms with Crippen LogP contribution in [-0.4, -0.2) is 38.9 Å². The standard InChI is InChI=1S/2C15H15ClN2O4S/c2*1-8-4-3-5-9(2)14(8)18-15(20)10-6-13(23(17,21)22)11(16)7-12(10)19/h2*3-7,19H,1-2H3,(H,18,20)(H2,17,21,22). The average molecular weight is 710 g/mol. The Hall–Kier alpha value is -4.18. The fourth-order valence-corrected chi connectivity index (χ4v) is 6.46. The third-order valence-corrected chi connectivity index (χ3v) is 9.39. The number of halogens is 2. The monoisotopic (exact) mass is 708 g/mol. The Morgan fingerprint density at radius 2 is 0.891 bits per heavy atom. The summed E-state index contributed by atoms with van der Waals surface area (Å²) in [6.45, 7) is 7.28. The summed E-state index contributed by atoms with van der Waals surface area (Å²) in [5, 5.41) is 34.7. The zero-order valence-electron chi connectivity index (χ0n) is 24.8. The lowest BCUT2D eigenvalue weighted by atomic mass is 10.1. The van der Waals surface area contributed by atoms with Crippen molar-refractivity contribution in [3.8, 4) is 11.5 Å². The van der Waals surface area contributed by atoms with Crippen LogP contribution in [0.15, 0.2) is 70.5 Å². The van der Waals surface area contributed by atoms with Crippen LogP contribution >= 0.6 is 23.2 Å². The molecule has 0 atom stereocenters. The number of phenolic OH excluding ortho intramolecular Hbond substituents is 2. The van der Waals surface area contributed by atoms with E-state index in [4.69, 9.17) is 33.5 Å². The van der Waals surface area contributed by atoms with Gasteiger partial charge in [-0.2, -0.15) is 0 Å². The molecule has 2 amide bonds. The van der Waals surface area contributed by atoms with Crippen molar-refractivity contribution in [1.82, 2.24) is 0 Å². The van der Waals surface area contributed by atoms with E-state index in [1.807, 2.05) is 64.1 Å². The van der Waals surface area contributed by atoms with Gasteiger partial charge >= 0.3 is 0 Å². The topological polar surface area (TPSA) is 219 Å². The molecule has 4 rings (SSSR count). The lowest BCUT2D eigenvalue weighted by Gasteiger charge is -2.13. The van der Waals surface area contributed by atoms with Gasteiger partial charge in [-0.05, 0) is 62.1 Å². The van der Waals surface area contributed by atoms with Gasteiger partial charge in [0.1, 0.15) is 21.3 Å². The van der Waals surface area contributed by atoms with Crippen molar-refractivity contribution in [2.45, 2.75) is 37.5 Å². The van der Waals surface area contributed by atoms with Crippen LogP contribution in [0.4, 0.5) is 11.4 Å². The highest BCUT2D eigenvalue weighted by Crippen LogP contribution is 2.32. The number of para-hydroxylation sites is 2. The smallest absolute Gasteiger partial charge is 0.259 e. The SMILES string of the molecule is Cc1cccc(C)c1NC(=O)c1cc(S(N)(=O)=O)c(Cl)cc1O.Cc1cccc(C)c1NC(=O)c1cc(S(N)(=O)=O)c(Cl)cc1O. The second-order valence-corrected chi connectivity index (χ2v) is 14.0. The average Bonchev–Trinajstić information content (AvgIpc) is 2.91. The van der Waals surface area contributed by atoms with Crippen LogP contribution in [0.1, 0.15) is 43.0 Å². The van der Waals surface area contributed by atoms with Gasteiger partial charge < -0.3 is 20.8 Å². The Morgan fingerprint density at radius 1 is 0.609 bits per heavy atom. The zero-order chi connectivity index (χ0) is 34.7. The molecule has 0 aromatic heterocycles. The number of hydrogen-bond acceptors (Lipinski definition) is 8. The van der Waals surface area contributed by atoms with E-state index in [-0.39, 0.29) is 21.2 Å². The number of aryl methyl sites for hydroxylation is 4. The largest absolute Gasteiger partial charge is 0.507 e. The number of carbonyl (C=O) groups is 2. The van der Waals surface area contributed by atoms with Gasteiger partial charge in [0.15, 0.2) is 0 Å². The van der Waals surface area contributed by atoms with Crippen LogP contribution in [0.5, 0.6) is 11.5 Å². The molecule has 0 aliphatic rings. The molecule has 16 heteroatoms. The first-order chi connectivity index (χ1) is 21.2. The number of carbonyl (C=O) groups excluding carboxylic acids is 2. The fourth-order valence-electron chi connectivity index (χ4n) is 4.27. The van der Waals surface area contributed by atoms with Crippen molar-refractivity contribution in [2.75, 3.05) is 10.6 Å². The van der Waals surface area contributed by atoms with E-state index in [1.54, 1.807) is 0 Å². The third-order valence-electron chi connectivity index (χ3n) is 6.64. The zero-order valence-corrected chi connectivity index (χ0v) is 28.0. The molecule has 0 spiro atoms. The summed E-state index contributed by atoms with van der Waals surface area (Å²) in [5.74, 6) is -2.21. The van der Waals surface area contributed by atoms with Crippen LogP contribution < -0.4 is 20.9 Å². The summed E-state index contributed by atoms with van der Waals surface area (Å²) in [6, 6.07) is 14.8. The number of hydrogen-bond donors (Lipinski definition) is 6. The molecule has 0 radical (unpaired) electrons. The summed E-state index contributed by atoms with van der Waals surface area (Å²) in [5.41, 5.74) is 4.03. The molecule has 0 bridgehead atoms. The molecule has 12 nitrogen and oxygen atoms in total. The number of amides is 2. The van der Waals surface area contributed by atoms with Crippen molar-refractivity contribution in [3.05, 3.63) is 104 Å². The van der Waals surface area contributed by atoms with Crippen LogP contribution in [0.2, 0.25) is 10.0 Å². The van der Waals surface area contributed by atoms with Gasteiger partial charge in [-0.25, -0.2) is 27.1 Å². The van der Waals surface area contributed by atoms with Gasteiger partial charge in [-0.15, -0.1) is 0 Å². The molecule has 0 aliphatic carbocycles. The Bertz CT molecular complexity index is 1900. The van der Waals surface area contributed by atoms with E-state index in [0.29, 0.717) is 11.4 Å². The lowest BCUT2D eigenvalue weighted by Crippen LogP contribution is -2.17. The second-order valence-electron chi connectivity index (χ2n) is 10.1. The Morgan fingerprint density at radius 3 is 1.15 bits per heavy atom. The van der Waals surface area contributed by atoms with E-state index in [1.165, 1.54) is 0 Å². The number of aromatic hydroxyl groups is 2. The molecule has 4 aromatic carbocycles. The number of nitrogens with two attached hydrogens (primary N) is 2. The number of sulfonamides is 2. The summed E-state index contributed by atoms with van der Waals surface area (Å²) >= 11 is 11.5. The molecule has 8 N–H and O–H groups in total. The molecule has 0 saturated heterocycles. The normalized spacial score (nSPS) is 11.3. The van der Waals surface area contributed by atoms with Crippen LogP contribution in [0.25, 0.3) is 0 Å². The minimum absolute atomic E-state index is 0.235. The van der Waals surface area contributed by atoms with Crippen LogP contribution in [-0.2, 0) is 20.0 Å². The van der Waals surface area contributed by atoms with Gasteiger partial charge in [0.2, 0.25) is 20.0 Å². The summed E-state index contributed by atoms with van der Waals surface area (Å²) in [7, 11) is -8.24. The minimum Gasteiger partial charge on any atom is -0.507 e. The number of nitrogens with one attached hydrogen (secondary N) is 2. The maximum absolute atomic E-state index is 12.4. The number of anilines is 2. The van der Waals surface area contributed by atoms with E-state index >= 15 is 0 Å². The first-order valence-corrected chi connectivity index (χ1v) is 16.9. The second kappa shape index (κ2) is 14.1. The van der Waals surface area contributed by atoms with Gasteiger partial charge in [0.05, 0.1) is 21.2 Å². The number of phenols is 2. The molecule has 244 valence electrons. The van der Waals surface area contributed by atoms with Crippen LogP contribution in [0, 0.1) is 27.7 Å². The predicted molar refractivity (Wildman–Crippen MR) is 177 cm³/mol. The van der Waals surface area contributed by atoms with Gasteiger partial charge in [0.25, 0.3) is 11.8 Å². The molecule has 4 aromatic rings. The molecule has 46 heavy (non-hydrogen) atoms. The first kappa shape index (κ1) is 36.3. The van der Waals surface area contributed by atoms with Crippen molar-refractivity contribution in [2.24, 2.45) is 10.3 Å². The molecule has 0 fully saturated rings. The Balaban J connectivity index is 0.000000250. The highest BCUT2D eigenvalue weighted by atomic mass is 35.5. The number of primary sulfonamides is 2.